The zero-order chi connectivity index (χ0) is 17.4. The van der Waals surface area contributed by atoms with Gasteiger partial charge in [-0.15, -0.1) is 0 Å². The van der Waals surface area contributed by atoms with Crippen LogP contribution in [0.1, 0.15) is 32.7 Å². The third-order valence-corrected chi connectivity index (χ3v) is 4.87. The van der Waals surface area contributed by atoms with Gasteiger partial charge >= 0.3 is 0 Å². The maximum atomic E-state index is 13.3. The molecule has 128 valence electrons. The van der Waals surface area contributed by atoms with Crippen LogP contribution in [-0.4, -0.2) is 22.3 Å². The minimum atomic E-state index is -0.737. The normalized spacial score (nSPS) is 13.9. The van der Waals surface area contributed by atoms with E-state index in [2.05, 4.69) is 11.1 Å². The Morgan fingerprint density at radius 1 is 1.12 bits per heavy atom. The fourth-order valence-electron chi connectivity index (χ4n) is 3.56. The molecule has 1 aliphatic heterocycles. The number of hydrogen-bond donors (Lipinski definition) is 1. The highest BCUT2D eigenvalue weighted by Crippen LogP contribution is 2.28. The van der Waals surface area contributed by atoms with Crippen LogP contribution in [0.2, 0.25) is 0 Å². The Balaban J connectivity index is 1.66. The first-order chi connectivity index (χ1) is 12.2. The summed E-state index contributed by atoms with van der Waals surface area (Å²) in [5.41, 5.74) is 4.28. The van der Waals surface area contributed by atoms with Crippen LogP contribution in [0.15, 0.2) is 42.5 Å². The van der Waals surface area contributed by atoms with Crippen molar-refractivity contribution in [2.75, 3.05) is 6.54 Å². The number of alkyl halides is 2. The Kier molecular flexibility index (Phi) is 3.99. The summed E-state index contributed by atoms with van der Waals surface area (Å²) in [5, 5.41) is 1.19. The largest absolute Gasteiger partial charge is 0.357 e. The number of amides is 1. The molecule has 3 nitrogen and oxygen atoms in total. The first-order valence-corrected chi connectivity index (χ1v) is 8.32. The summed E-state index contributed by atoms with van der Waals surface area (Å²) in [4.78, 5) is 18.0. The van der Waals surface area contributed by atoms with E-state index in [1.807, 2.05) is 18.2 Å². The number of nitrogens with one attached hydrogen (secondary N) is 1. The molecule has 5 heteroatoms. The Bertz CT molecular complexity index is 948. The lowest BCUT2D eigenvalue weighted by Crippen LogP contribution is -2.36. The summed E-state index contributed by atoms with van der Waals surface area (Å²) in [6, 6.07) is 12.6. The molecule has 2 heterocycles. The molecule has 0 unspecified atom stereocenters. The molecular weight excluding hydrogens is 322 g/mol. The predicted octanol–water partition coefficient (Wildman–Crippen LogP) is 4.31. The maximum absolute atomic E-state index is 13.3. The number of benzene rings is 2. The van der Waals surface area contributed by atoms with Crippen LogP contribution >= 0.6 is 0 Å². The molecular formula is C20H18F2N2O. The number of fused-ring (bicyclic) bond motifs is 3. The summed E-state index contributed by atoms with van der Waals surface area (Å²) >= 11 is 0. The fraction of sp³-hybridized carbons (Fsp3) is 0.250. The number of halogens is 2. The number of hydrogen-bond acceptors (Lipinski definition) is 1. The van der Waals surface area contributed by atoms with Gasteiger partial charge in [0, 0.05) is 28.7 Å². The molecule has 0 bridgehead atoms. The van der Waals surface area contributed by atoms with Gasteiger partial charge in [-0.1, -0.05) is 30.3 Å². The van der Waals surface area contributed by atoms with Gasteiger partial charge in [0.05, 0.1) is 6.54 Å². The number of aromatic nitrogens is 1. The second-order valence-electron chi connectivity index (χ2n) is 6.36. The lowest BCUT2D eigenvalue weighted by molar-refractivity contribution is 0.0731. The van der Waals surface area contributed by atoms with Gasteiger partial charge < -0.3 is 9.88 Å². The quantitative estimate of drug-likeness (QED) is 0.758. The fourth-order valence-corrected chi connectivity index (χ4v) is 3.56. The number of nitrogens with zero attached hydrogens (tertiary/aromatic N) is 1. The summed E-state index contributed by atoms with van der Waals surface area (Å²) < 4.78 is 26.2. The van der Waals surface area contributed by atoms with Crippen LogP contribution < -0.4 is 0 Å². The molecule has 0 spiro atoms. The Labute approximate surface area is 144 Å². The van der Waals surface area contributed by atoms with E-state index in [9.17, 15) is 13.6 Å². The highest BCUT2D eigenvalue weighted by atomic mass is 19.1. The van der Waals surface area contributed by atoms with Crippen LogP contribution in [0.5, 0.6) is 0 Å². The van der Waals surface area contributed by atoms with Crippen molar-refractivity contribution in [3.63, 3.8) is 0 Å². The molecule has 0 aliphatic carbocycles. The zero-order valence-electron chi connectivity index (χ0n) is 13.7. The molecule has 0 saturated heterocycles. The van der Waals surface area contributed by atoms with E-state index in [1.54, 1.807) is 4.90 Å². The third kappa shape index (κ3) is 2.69. The van der Waals surface area contributed by atoms with Crippen molar-refractivity contribution >= 4 is 16.8 Å². The molecule has 0 saturated carbocycles. The average Bonchev–Trinajstić information content (AvgIpc) is 3.04. The molecule has 4 rings (SSSR count). The molecule has 0 atom stereocenters. The van der Waals surface area contributed by atoms with Crippen molar-refractivity contribution in [3.05, 3.63) is 70.4 Å². The van der Waals surface area contributed by atoms with Crippen molar-refractivity contribution in [1.29, 1.82) is 0 Å². The molecule has 1 amide bonds. The van der Waals surface area contributed by atoms with E-state index in [-0.39, 0.29) is 11.5 Å². The van der Waals surface area contributed by atoms with Crippen LogP contribution in [0.3, 0.4) is 0 Å². The van der Waals surface area contributed by atoms with Crippen LogP contribution in [0.25, 0.3) is 10.9 Å². The van der Waals surface area contributed by atoms with E-state index in [4.69, 9.17) is 0 Å². The van der Waals surface area contributed by atoms with Crippen LogP contribution in [0, 0.1) is 0 Å². The minimum absolute atomic E-state index is 0.243. The lowest BCUT2D eigenvalue weighted by atomic mass is 10.0. The second kappa shape index (κ2) is 6.31. The third-order valence-electron chi connectivity index (χ3n) is 4.87. The highest BCUT2D eigenvalue weighted by molar-refractivity contribution is 5.96. The Morgan fingerprint density at radius 3 is 2.76 bits per heavy atom. The number of aromatic amines is 1. The number of H-pyrrole nitrogens is 1. The summed E-state index contributed by atoms with van der Waals surface area (Å²) in [7, 11) is 0. The second-order valence-corrected chi connectivity index (χ2v) is 6.36. The monoisotopic (exact) mass is 340 g/mol. The molecule has 1 aromatic heterocycles. The topological polar surface area (TPSA) is 36.1 Å². The van der Waals surface area contributed by atoms with Gasteiger partial charge in [0.1, 0.15) is 13.3 Å². The van der Waals surface area contributed by atoms with E-state index < -0.39 is 13.3 Å². The molecule has 1 aliphatic rings. The van der Waals surface area contributed by atoms with E-state index in [1.165, 1.54) is 29.1 Å². The summed E-state index contributed by atoms with van der Waals surface area (Å²) in [6.45, 7) is -0.383. The van der Waals surface area contributed by atoms with Crippen molar-refractivity contribution in [2.45, 2.75) is 26.3 Å². The first kappa shape index (κ1) is 15.8. The van der Waals surface area contributed by atoms with Crippen molar-refractivity contribution in [2.24, 2.45) is 0 Å². The predicted molar refractivity (Wildman–Crippen MR) is 92.8 cm³/mol. The molecule has 2 aromatic carbocycles. The number of carbonyl (C=O) groups is 1. The van der Waals surface area contributed by atoms with Gasteiger partial charge in [-0.2, -0.15) is 0 Å². The van der Waals surface area contributed by atoms with Gasteiger partial charge in [-0.3, -0.25) is 4.79 Å². The summed E-state index contributed by atoms with van der Waals surface area (Å²) in [5.74, 6) is -0.243. The van der Waals surface area contributed by atoms with Gasteiger partial charge in [-0.05, 0) is 35.2 Å². The molecule has 1 N–H and O–H groups in total. The number of rotatable bonds is 3. The lowest BCUT2D eigenvalue weighted by Gasteiger charge is -2.28. The standard InChI is InChI=1S/C20H18F2N2O/c21-10-13-5-6-14(11-22)17(9-13)20(25)24-8-7-16-15-3-1-2-4-18(15)23-19(16)12-24/h1-6,9,23H,7-8,10-12H2. The average molecular weight is 340 g/mol. The highest BCUT2D eigenvalue weighted by Gasteiger charge is 2.26. The first-order valence-electron chi connectivity index (χ1n) is 8.32. The van der Waals surface area contributed by atoms with Gasteiger partial charge in [-0.25, -0.2) is 8.78 Å². The minimum Gasteiger partial charge on any atom is -0.357 e. The van der Waals surface area contributed by atoms with Gasteiger partial charge in [0.15, 0.2) is 0 Å². The SMILES string of the molecule is O=C(c1cc(CF)ccc1CF)N1CCc2c([nH]c3ccccc23)C1. The van der Waals surface area contributed by atoms with E-state index in [0.717, 1.165) is 17.6 Å². The smallest absolute Gasteiger partial charge is 0.254 e. The van der Waals surface area contributed by atoms with Crippen molar-refractivity contribution in [3.8, 4) is 0 Å². The zero-order valence-corrected chi connectivity index (χ0v) is 13.7. The van der Waals surface area contributed by atoms with E-state index >= 15 is 0 Å². The number of carbonyl (C=O) groups excluding carboxylic acids is 1. The Morgan fingerprint density at radius 2 is 1.96 bits per heavy atom. The molecule has 3 aromatic rings. The summed E-state index contributed by atoms with van der Waals surface area (Å²) in [6.07, 6.45) is 0.749. The Hall–Kier alpha value is -2.69. The maximum Gasteiger partial charge on any atom is 0.254 e. The van der Waals surface area contributed by atoms with Crippen molar-refractivity contribution < 1.29 is 13.6 Å². The van der Waals surface area contributed by atoms with Crippen molar-refractivity contribution in [1.82, 2.24) is 9.88 Å². The van der Waals surface area contributed by atoms with Crippen LogP contribution in [0.4, 0.5) is 8.78 Å². The van der Waals surface area contributed by atoms with Gasteiger partial charge in [0.25, 0.3) is 5.91 Å². The molecule has 25 heavy (non-hydrogen) atoms. The number of para-hydroxylation sites is 1. The molecule has 0 radical (unpaired) electrons. The molecule has 0 fully saturated rings. The van der Waals surface area contributed by atoms with Crippen LogP contribution in [-0.2, 0) is 26.3 Å². The van der Waals surface area contributed by atoms with E-state index in [0.29, 0.717) is 24.2 Å². The van der Waals surface area contributed by atoms with Gasteiger partial charge in [0.2, 0.25) is 0 Å².